The minimum absolute atomic E-state index is 0.00333. The molecule has 6 nitrogen and oxygen atoms in total. The number of aromatic carboxylic acids is 1. The number of carboxylic acid groups (broad SMARTS) is 1. The van der Waals surface area contributed by atoms with Crippen LogP contribution in [-0.2, 0) is 11.3 Å². The molecule has 0 unspecified atom stereocenters. The van der Waals surface area contributed by atoms with Gasteiger partial charge in [0.15, 0.2) is 0 Å². The van der Waals surface area contributed by atoms with Crippen LogP contribution in [0.5, 0.6) is 0 Å². The lowest BCUT2D eigenvalue weighted by Gasteiger charge is -2.21. The van der Waals surface area contributed by atoms with Crippen molar-refractivity contribution in [1.29, 1.82) is 0 Å². The molecule has 0 saturated carbocycles. The number of nitrogens with zero attached hydrogens (tertiary/aromatic N) is 1. The largest absolute Gasteiger partial charge is 0.478 e. The van der Waals surface area contributed by atoms with Gasteiger partial charge in [-0.25, -0.2) is 4.79 Å². The van der Waals surface area contributed by atoms with Crippen LogP contribution in [0.15, 0.2) is 18.3 Å². The molecule has 1 aromatic heterocycles. The first kappa shape index (κ1) is 13.5. The predicted octanol–water partition coefficient (Wildman–Crippen LogP) is 0.396. The molecule has 19 heavy (non-hydrogen) atoms. The van der Waals surface area contributed by atoms with Crippen LogP contribution in [-0.4, -0.2) is 35.1 Å². The zero-order chi connectivity index (χ0) is 13.7. The van der Waals surface area contributed by atoms with Crippen LogP contribution in [0, 0.1) is 5.92 Å². The van der Waals surface area contributed by atoms with Gasteiger partial charge in [-0.05, 0) is 31.5 Å². The highest BCUT2D eigenvalue weighted by molar-refractivity contribution is 5.87. The van der Waals surface area contributed by atoms with E-state index < -0.39 is 5.97 Å². The average Bonchev–Trinajstić information content (AvgIpc) is 2.46. The smallest absolute Gasteiger partial charge is 0.335 e. The van der Waals surface area contributed by atoms with Crippen LogP contribution in [0.1, 0.15) is 28.9 Å². The summed E-state index contributed by atoms with van der Waals surface area (Å²) in [6.07, 6.45) is 3.33. The molecule has 0 radical (unpaired) electrons. The van der Waals surface area contributed by atoms with E-state index in [1.54, 1.807) is 0 Å². The van der Waals surface area contributed by atoms with E-state index >= 15 is 0 Å². The summed E-state index contributed by atoms with van der Waals surface area (Å²) in [5.41, 5.74) is 0.732. The number of piperidine rings is 1. The summed E-state index contributed by atoms with van der Waals surface area (Å²) in [4.78, 5) is 26.8. The molecule has 6 heteroatoms. The highest BCUT2D eigenvalue weighted by Crippen LogP contribution is 2.10. The molecule has 2 rings (SSSR count). The van der Waals surface area contributed by atoms with Crippen LogP contribution in [0.25, 0.3) is 0 Å². The van der Waals surface area contributed by atoms with Gasteiger partial charge in [0.25, 0.3) is 0 Å². The molecule has 0 aromatic carbocycles. The first-order valence-corrected chi connectivity index (χ1v) is 6.33. The summed E-state index contributed by atoms with van der Waals surface area (Å²) in [7, 11) is 0. The Labute approximate surface area is 111 Å². The summed E-state index contributed by atoms with van der Waals surface area (Å²) in [6, 6.07) is 2.90. The van der Waals surface area contributed by atoms with E-state index in [2.05, 4.69) is 15.6 Å². The van der Waals surface area contributed by atoms with Crippen LogP contribution in [0.2, 0.25) is 0 Å². The third-order valence-corrected chi connectivity index (χ3v) is 3.17. The molecule has 1 fully saturated rings. The summed E-state index contributed by atoms with van der Waals surface area (Å²) in [5.74, 6) is -1.00. The molecule has 3 N–H and O–H groups in total. The first-order valence-electron chi connectivity index (χ1n) is 6.33. The van der Waals surface area contributed by atoms with Crippen molar-refractivity contribution >= 4 is 11.9 Å². The van der Waals surface area contributed by atoms with Crippen LogP contribution in [0.4, 0.5) is 0 Å². The zero-order valence-corrected chi connectivity index (χ0v) is 10.6. The van der Waals surface area contributed by atoms with Gasteiger partial charge in [0, 0.05) is 12.7 Å². The highest BCUT2D eigenvalue weighted by Gasteiger charge is 2.20. The van der Waals surface area contributed by atoms with E-state index in [1.165, 1.54) is 18.3 Å². The summed E-state index contributed by atoms with van der Waals surface area (Å²) < 4.78 is 0. The fraction of sp³-hybridized carbons (Fsp3) is 0.462. The minimum atomic E-state index is -0.994. The van der Waals surface area contributed by atoms with E-state index in [0.29, 0.717) is 12.2 Å². The molecule has 1 atom stereocenters. The lowest BCUT2D eigenvalue weighted by molar-refractivity contribution is -0.125. The molecular formula is C13H17N3O3. The minimum Gasteiger partial charge on any atom is -0.478 e. The van der Waals surface area contributed by atoms with E-state index in [4.69, 9.17) is 5.11 Å². The number of carbonyl (C=O) groups is 2. The number of hydrogen-bond donors (Lipinski definition) is 3. The van der Waals surface area contributed by atoms with Gasteiger partial charge in [0.05, 0.1) is 23.7 Å². The number of aromatic nitrogens is 1. The summed E-state index contributed by atoms with van der Waals surface area (Å²) in [6.45, 7) is 1.93. The molecule has 1 saturated heterocycles. The van der Waals surface area contributed by atoms with E-state index in [-0.39, 0.29) is 23.9 Å². The summed E-state index contributed by atoms with van der Waals surface area (Å²) in [5, 5.41) is 14.9. The number of nitrogens with one attached hydrogen (secondary N) is 2. The van der Waals surface area contributed by atoms with Crippen LogP contribution < -0.4 is 10.6 Å². The maximum Gasteiger partial charge on any atom is 0.335 e. The Morgan fingerprint density at radius 1 is 1.53 bits per heavy atom. The van der Waals surface area contributed by atoms with E-state index in [1.807, 2.05) is 0 Å². The Hall–Kier alpha value is -1.95. The fourth-order valence-electron chi connectivity index (χ4n) is 2.11. The van der Waals surface area contributed by atoms with Gasteiger partial charge in [-0.15, -0.1) is 0 Å². The third-order valence-electron chi connectivity index (χ3n) is 3.17. The van der Waals surface area contributed by atoms with Crippen molar-refractivity contribution in [2.24, 2.45) is 5.92 Å². The van der Waals surface area contributed by atoms with E-state index in [0.717, 1.165) is 19.4 Å². The van der Waals surface area contributed by atoms with Crippen molar-refractivity contribution in [1.82, 2.24) is 15.6 Å². The molecule has 0 aliphatic carbocycles. The summed E-state index contributed by atoms with van der Waals surface area (Å²) >= 11 is 0. The van der Waals surface area contributed by atoms with Crippen molar-refractivity contribution in [3.63, 3.8) is 0 Å². The SMILES string of the molecule is O=C(O)c1ccnc(CNC(=O)[C@H]2CCCNC2)c1. The Morgan fingerprint density at radius 3 is 3.05 bits per heavy atom. The number of carbonyl (C=O) groups excluding carboxylic acids is 1. The predicted molar refractivity (Wildman–Crippen MR) is 68.6 cm³/mol. The molecule has 1 aromatic rings. The highest BCUT2D eigenvalue weighted by atomic mass is 16.4. The van der Waals surface area contributed by atoms with Crippen LogP contribution in [0.3, 0.4) is 0 Å². The van der Waals surface area contributed by atoms with Gasteiger partial charge in [-0.3, -0.25) is 9.78 Å². The van der Waals surface area contributed by atoms with Crippen molar-refractivity contribution in [3.8, 4) is 0 Å². The number of amides is 1. The normalized spacial score (nSPS) is 18.8. The Bertz CT molecular complexity index is 470. The Morgan fingerprint density at radius 2 is 2.37 bits per heavy atom. The fourth-order valence-corrected chi connectivity index (χ4v) is 2.11. The van der Waals surface area contributed by atoms with Gasteiger partial charge >= 0.3 is 5.97 Å². The molecule has 0 bridgehead atoms. The van der Waals surface area contributed by atoms with Crippen molar-refractivity contribution in [3.05, 3.63) is 29.6 Å². The van der Waals surface area contributed by atoms with Gasteiger partial charge in [-0.2, -0.15) is 0 Å². The second-order valence-corrected chi connectivity index (χ2v) is 4.60. The first-order chi connectivity index (χ1) is 9.16. The van der Waals surface area contributed by atoms with Gasteiger partial charge in [0.2, 0.25) is 5.91 Å². The zero-order valence-electron chi connectivity index (χ0n) is 10.6. The monoisotopic (exact) mass is 263 g/mol. The number of pyridine rings is 1. The van der Waals surface area contributed by atoms with Crippen LogP contribution >= 0.6 is 0 Å². The Kier molecular flexibility index (Phi) is 4.46. The quantitative estimate of drug-likeness (QED) is 0.731. The molecule has 102 valence electrons. The lowest BCUT2D eigenvalue weighted by Crippen LogP contribution is -2.40. The number of rotatable bonds is 4. The molecular weight excluding hydrogens is 246 g/mol. The Balaban J connectivity index is 1.89. The topological polar surface area (TPSA) is 91.3 Å². The van der Waals surface area contributed by atoms with Crippen molar-refractivity contribution in [2.75, 3.05) is 13.1 Å². The standard InChI is InChI=1S/C13H17N3O3/c17-12(10-2-1-4-14-7-10)16-8-11-6-9(13(18)19)3-5-15-11/h3,5-6,10,14H,1-2,4,7-8H2,(H,16,17)(H,18,19)/t10-/m0/s1. The van der Waals surface area contributed by atoms with Crippen molar-refractivity contribution in [2.45, 2.75) is 19.4 Å². The number of hydrogen-bond acceptors (Lipinski definition) is 4. The second kappa shape index (κ2) is 6.29. The average molecular weight is 263 g/mol. The third kappa shape index (κ3) is 3.75. The maximum atomic E-state index is 11.9. The van der Waals surface area contributed by atoms with Gasteiger partial charge in [-0.1, -0.05) is 0 Å². The van der Waals surface area contributed by atoms with Gasteiger partial charge in [0.1, 0.15) is 0 Å². The van der Waals surface area contributed by atoms with Crippen molar-refractivity contribution < 1.29 is 14.7 Å². The molecule has 1 aliphatic rings. The lowest BCUT2D eigenvalue weighted by atomic mass is 9.99. The molecule has 1 aliphatic heterocycles. The molecule has 2 heterocycles. The van der Waals surface area contributed by atoms with E-state index in [9.17, 15) is 9.59 Å². The second-order valence-electron chi connectivity index (χ2n) is 4.60. The molecule has 0 spiro atoms. The van der Waals surface area contributed by atoms with Gasteiger partial charge < -0.3 is 15.7 Å². The number of carboxylic acids is 1. The molecule has 1 amide bonds. The maximum absolute atomic E-state index is 11.9.